The number of hydrogen-bond donors (Lipinski definition) is 1. The summed E-state index contributed by atoms with van der Waals surface area (Å²) in [5.41, 5.74) is -0.0726. The zero-order valence-corrected chi connectivity index (χ0v) is 14.2. The van der Waals surface area contributed by atoms with E-state index in [0.29, 0.717) is 25.9 Å². The van der Waals surface area contributed by atoms with Crippen LogP contribution in [0.1, 0.15) is 23.2 Å². The highest BCUT2D eigenvalue weighted by Gasteiger charge is 2.28. The van der Waals surface area contributed by atoms with Gasteiger partial charge in [0.2, 0.25) is 0 Å². The smallest absolute Gasteiger partial charge is 0.342 e. The van der Waals surface area contributed by atoms with Crippen LogP contribution >= 0.6 is 0 Å². The predicted octanol–water partition coefficient (Wildman–Crippen LogP) is 0.969. The zero-order chi connectivity index (χ0) is 18.4. The van der Waals surface area contributed by atoms with Gasteiger partial charge in [-0.3, -0.25) is 9.59 Å². The van der Waals surface area contributed by atoms with Gasteiger partial charge in [-0.25, -0.2) is 4.79 Å². The lowest BCUT2D eigenvalue weighted by Gasteiger charge is -2.30. The number of amides is 1. The van der Waals surface area contributed by atoms with Gasteiger partial charge in [0.05, 0.1) is 20.1 Å². The van der Waals surface area contributed by atoms with Gasteiger partial charge >= 0.3 is 11.9 Å². The number of piperidine rings is 1. The molecule has 1 aliphatic rings. The van der Waals surface area contributed by atoms with Gasteiger partial charge in [-0.05, 0) is 25.0 Å². The second-order valence-corrected chi connectivity index (χ2v) is 5.61. The van der Waals surface area contributed by atoms with Crippen molar-refractivity contribution in [2.45, 2.75) is 12.8 Å². The molecule has 1 aromatic carbocycles. The number of carbonyl (C=O) groups excluding carboxylic acids is 3. The van der Waals surface area contributed by atoms with Crippen LogP contribution in [0.5, 0.6) is 11.5 Å². The molecule has 136 valence electrons. The summed E-state index contributed by atoms with van der Waals surface area (Å²) >= 11 is 0. The molecular formula is C17H21NO7. The molecule has 0 atom stereocenters. The van der Waals surface area contributed by atoms with Crippen LogP contribution in [0.2, 0.25) is 0 Å². The van der Waals surface area contributed by atoms with E-state index >= 15 is 0 Å². The second-order valence-electron chi connectivity index (χ2n) is 5.61. The third-order valence-electron chi connectivity index (χ3n) is 4.15. The molecule has 2 rings (SSSR count). The van der Waals surface area contributed by atoms with E-state index in [-0.39, 0.29) is 34.9 Å². The van der Waals surface area contributed by atoms with Crippen molar-refractivity contribution in [3.05, 3.63) is 23.8 Å². The summed E-state index contributed by atoms with van der Waals surface area (Å²) in [6.45, 7) is 0.374. The molecule has 8 heteroatoms. The minimum Gasteiger partial charge on any atom is -0.504 e. The average Bonchev–Trinajstić information content (AvgIpc) is 2.65. The van der Waals surface area contributed by atoms with Gasteiger partial charge in [0, 0.05) is 13.1 Å². The maximum Gasteiger partial charge on any atom is 0.342 e. The minimum absolute atomic E-state index is 0.0726. The molecule has 8 nitrogen and oxygen atoms in total. The van der Waals surface area contributed by atoms with Crippen molar-refractivity contribution < 1.29 is 33.7 Å². The van der Waals surface area contributed by atoms with Crippen molar-refractivity contribution in [1.82, 2.24) is 4.90 Å². The lowest BCUT2D eigenvalue weighted by atomic mass is 9.97. The van der Waals surface area contributed by atoms with Crippen LogP contribution in [-0.2, 0) is 19.1 Å². The maximum absolute atomic E-state index is 12.1. The van der Waals surface area contributed by atoms with Gasteiger partial charge in [-0.2, -0.15) is 0 Å². The fourth-order valence-electron chi connectivity index (χ4n) is 2.68. The van der Waals surface area contributed by atoms with E-state index in [4.69, 9.17) is 14.2 Å². The first-order valence-corrected chi connectivity index (χ1v) is 7.86. The molecule has 0 saturated carbocycles. The predicted molar refractivity (Wildman–Crippen MR) is 86.3 cm³/mol. The van der Waals surface area contributed by atoms with Crippen LogP contribution in [0.15, 0.2) is 18.2 Å². The Labute approximate surface area is 145 Å². The molecule has 1 N–H and O–H groups in total. The lowest BCUT2D eigenvalue weighted by molar-refractivity contribution is -0.149. The number of carbonyl (C=O) groups is 3. The summed E-state index contributed by atoms with van der Waals surface area (Å²) in [7, 11) is 2.71. The number of phenols is 1. The standard InChI is InChI=1S/C17H21NO7/c1-23-13-5-3-4-12(15(13)20)17(22)25-10-14(19)18-8-6-11(7-9-18)16(21)24-2/h3-5,11,20H,6-10H2,1-2H3. The van der Waals surface area contributed by atoms with Crippen LogP contribution in [0, 0.1) is 5.92 Å². The van der Waals surface area contributed by atoms with E-state index in [1.807, 2.05) is 0 Å². The summed E-state index contributed by atoms with van der Waals surface area (Å²) in [6.07, 6.45) is 1.03. The SMILES string of the molecule is COC(=O)C1CCN(C(=O)COC(=O)c2cccc(OC)c2O)CC1. The van der Waals surface area contributed by atoms with Gasteiger partial charge in [-0.15, -0.1) is 0 Å². The molecule has 0 aromatic heterocycles. The number of phenolic OH excluding ortho intramolecular Hbond substituents is 1. The van der Waals surface area contributed by atoms with Crippen molar-refractivity contribution in [2.24, 2.45) is 5.92 Å². The van der Waals surface area contributed by atoms with Crippen molar-refractivity contribution in [1.29, 1.82) is 0 Å². The third-order valence-corrected chi connectivity index (χ3v) is 4.15. The highest BCUT2D eigenvalue weighted by atomic mass is 16.5. The number of methoxy groups -OCH3 is 2. The maximum atomic E-state index is 12.1. The Morgan fingerprint density at radius 1 is 1.20 bits per heavy atom. The molecule has 0 bridgehead atoms. The van der Waals surface area contributed by atoms with Gasteiger partial charge in [0.1, 0.15) is 5.56 Å². The van der Waals surface area contributed by atoms with Crippen LogP contribution in [-0.4, -0.2) is 61.8 Å². The Bertz CT molecular complexity index is 650. The summed E-state index contributed by atoms with van der Waals surface area (Å²) in [6, 6.07) is 4.42. The molecule has 25 heavy (non-hydrogen) atoms. The van der Waals surface area contributed by atoms with E-state index < -0.39 is 12.6 Å². The van der Waals surface area contributed by atoms with Crippen LogP contribution in [0.25, 0.3) is 0 Å². The Balaban J connectivity index is 1.86. The molecule has 1 heterocycles. The highest BCUT2D eigenvalue weighted by molar-refractivity contribution is 5.94. The van der Waals surface area contributed by atoms with E-state index in [0.717, 1.165) is 0 Å². The van der Waals surface area contributed by atoms with Crippen LogP contribution in [0.4, 0.5) is 0 Å². The Hall–Kier alpha value is -2.77. The molecular weight excluding hydrogens is 330 g/mol. The van der Waals surface area contributed by atoms with Crippen molar-refractivity contribution in [3.8, 4) is 11.5 Å². The number of aromatic hydroxyl groups is 1. The normalized spacial score (nSPS) is 14.7. The summed E-state index contributed by atoms with van der Waals surface area (Å²) in [5.74, 6) is -1.82. The quantitative estimate of drug-likeness (QED) is 0.789. The molecule has 1 aliphatic heterocycles. The fraction of sp³-hybridized carbons (Fsp3) is 0.471. The zero-order valence-electron chi connectivity index (χ0n) is 14.2. The Morgan fingerprint density at radius 3 is 2.48 bits per heavy atom. The number of esters is 2. The third kappa shape index (κ3) is 4.40. The number of nitrogens with zero attached hydrogens (tertiary/aromatic N) is 1. The molecule has 0 radical (unpaired) electrons. The highest BCUT2D eigenvalue weighted by Crippen LogP contribution is 2.29. The van der Waals surface area contributed by atoms with E-state index in [9.17, 15) is 19.5 Å². The van der Waals surface area contributed by atoms with Crippen molar-refractivity contribution in [3.63, 3.8) is 0 Å². The molecule has 1 fully saturated rings. The first kappa shape index (κ1) is 18.6. The molecule has 0 aliphatic carbocycles. The summed E-state index contributed by atoms with van der Waals surface area (Å²) < 4.78 is 14.6. The first-order valence-electron chi connectivity index (χ1n) is 7.86. The average molecular weight is 351 g/mol. The molecule has 0 spiro atoms. The molecule has 1 amide bonds. The van der Waals surface area contributed by atoms with E-state index in [1.54, 1.807) is 0 Å². The van der Waals surface area contributed by atoms with Crippen LogP contribution in [0.3, 0.4) is 0 Å². The molecule has 1 aromatic rings. The fourth-order valence-corrected chi connectivity index (χ4v) is 2.68. The number of ether oxygens (including phenoxy) is 3. The number of rotatable bonds is 5. The Kier molecular flexibility index (Phi) is 6.21. The second kappa shape index (κ2) is 8.36. The number of hydrogen-bond acceptors (Lipinski definition) is 7. The van der Waals surface area contributed by atoms with Crippen molar-refractivity contribution >= 4 is 17.8 Å². The summed E-state index contributed by atoms with van der Waals surface area (Å²) in [4.78, 5) is 37.2. The lowest BCUT2D eigenvalue weighted by Crippen LogP contribution is -2.42. The van der Waals surface area contributed by atoms with E-state index in [2.05, 4.69) is 0 Å². The van der Waals surface area contributed by atoms with Gasteiger partial charge in [-0.1, -0.05) is 6.07 Å². The monoisotopic (exact) mass is 351 g/mol. The topological polar surface area (TPSA) is 102 Å². The largest absolute Gasteiger partial charge is 0.504 e. The number of likely N-dealkylation sites (tertiary alicyclic amines) is 1. The van der Waals surface area contributed by atoms with Gasteiger partial charge in [0.25, 0.3) is 5.91 Å². The molecule has 1 saturated heterocycles. The molecule has 0 unspecified atom stereocenters. The number of para-hydroxylation sites is 1. The van der Waals surface area contributed by atoms with E-state index in [1.165, 1.54) is 37.3 Å². The summed E-state index contributed by atoms with van der Waals surface area (Å²) in [5, 5.41) is 9.91. The van der Waals surface area contributed by atoms with Crippen LogP contribution < -0.4 is 4.74 Å². The Morgan fingerprint density at radius 2 is 1.88 bits per heavy atom. The van der Waals surface area contributed by atoms with Gasteiger partial charge in [0.15, 0.2) is 18.1 Å². The van der Waals surface area contributed by atoms with Gasteiger partial charge < -0.3 is 24.2 Å². The minimum atomic E-state index is -0.811. The van der Waals surface area contributed by atoms with Crippen molar-refractivity contribution in [2.75, 3.05) is 33.9 Å². The number of benzene rings is 1. The first-order chi connectivity index (χ1) is 12.0.